The Balaban J connectivity index is 2.70. The molecule has 1 unspecified atom stereocenters. The van der Waals surface area contributed by atoms with E-state index in [1.54, 1.807) is 39.0 Å². The van der Waals surface area contributed by atoms with Gasteiger partial charge in [0.05, 0.1) is 15.5 Å². The molecule has 2 atom stereocenters. The summed E-state index contributed by atoms with van der Waals surface area (Å²) in [7, 11) is -1.11. The van der Waals surface area contributed by atoms with Crippen molar-refractivity contribution in [2.75, 3.05) is 12.8 Å². The van der Waals surface area contributed by atoms with Crippen LogP contribution < -0.4 is 5.73 Å². The highest BCUT2D eigenvalue weighted by Gasteiger charge is 2.47. The number of hydrogen-bond acceptors (Lipinski definition) is 4. The molecule has 110 valence electrons. The van der Waals surface area contributed by atoms with Crippen LogP contribution in [0.5, 0.6) is 0 Å². The monoisotopic (exact) mass is 297 g/mol. The molecule has 0 saturated heterocycles. The highest BCUT2D eigenvalue weighted by molar-refractivity contribution is 7.95. The van der Waals surface area contributed by atoms with Gasteiger partial charge in [-0.05, 0) is 26.8 Å². The summed E-state index contributed by atoms with van der Waals surface area (Å²) in [6.07, 6.45) is 0. The molecule has 1 heterocycles. The van der Waals surface area contributed by atoms with Crippen LogP contribution in [0.1, 0.15) is 26.3 Å². The molecule has 1 aliphatic heterocycles. The SMILES string of the molecule is CN=S1(=O)C[C@@](C)(c2ccccc2F)N=C(N)C1(C)C. The fraction of sp³-hybridized carbons (Fsp3) is 0.500. The molecule has 2 N–H and O–H groups in total. The van der Waals surface area contributed by atoms with Crippen molar-refractivity contribution in [3.63, 3.8) is 0 Å². The summed E-state index contributed by atoms with van der Waals surface area (Å²) in [5, 5.41) is 0. The summed E-state index contributed by atoms with van der Waals surface area (Å²) in [6.45, 7) is 5.28. The van der Waals surface area contributed by atoms with E-state index >= 15 is 0 Å². The van der Waals surface area contributed by atoms with Gasteiger partial charge in [-0.15, -0.1) is 0 Å². The first kappa shape index (κ1) is 15.0. The van der Waals surface area contributed by atoms with Gasteiger partial charge in [0, 0.05) is 12.6 Å². The Morgan fingerprint density at radius 2 is 1.95 bits per heavy atom. The molecule has 0 saturated carbocycles. The Bertz CT molecular complexity index is 689. The maximum absolute atomic E-state index is 14.1. The van der Waals surface area contributed by atoms with Crippen LogP contribution in [0.15, 0.2) is 33.6 Å². The zero-order valence-electron chi connectivity index (χ0n) is 12.2. The smallest absolute Gasteiger partial charge is 0.128 e. The first-order valence-electron chi connectivity index (χ1n) is 6.40. The van der Waals surface area contributed by atoms with Crippen molar-refractivity contribution < 1.29 is 8.60 Å². The average molecular weight is 297 g/mol. The topological polar surface area (TPSA) is 67.8 Å². The highest BCUT2D eigenvalue weighted by atomic mass is 32.2. The lowest BCUT2D eigenvalue weighted by Crippen LogP contribution is -2.54. The van der Waals surface area contributed by atoms with Gasteiger partial charge in [-0.25, -0.2) is 13.0 Å². The second-order valence-corrected chi connectivity index (χ2v) is 8.68. The normalized spacial score (nSPS) is 32.5. The van der Waals surface area contributed by atoms with Gasteiger partial charge in [-0.1, -0.05) is 18.2 Å². The molecule has 20 heavy (non-hydrogen) atoms. The van der Waals surface area contributed by atoms with E-state index in [0.29, 0.717) is 5.56 Å². The molecule has 1 aromatic rings. The van der Waals surface area contributed by atoms with Crippen molar-refractivity contribution in [3.8, 4) is 0 Å². The first-order valence-corrected chi connectivity index (χ1v) is 8.08. The molecular formula is C14H20FN3OS. The van der Waals surface area contributed by atoms with Crippen LogP contribution >= 0.6 is 0 Å². The lowest BCUT2D eigenvalue weighted by atomic mass is 9.93. The lowest BCUT2D eigenvalue weighted by Gasteiger charge is -2.40. The number of halogens is 1. The van der Waals surface area contributed by atoms with Crippen molar-refractivity contribution in [1.29, 1.82) is 0 Å². The molecule has 0 fully saturated rings. The zero-order valence-corrected chi connectivity index (χ0v) is 13.0. The van der Waals surface area contributed by atoms with E-state index in [1.807, 2.05) is 0 Å². The summed E-state index contributed by atoms with van der Waals surface area (Å²) in [4.78, 5) is 4.46. The number of aliphatic imine (C=N–C) groups is 1. The molecule has 0 radical (unpaired) electrons. The van der Waals surface area contributed by atoms with Crippen LogP contribution in [-0.2, 0) is 15.3 Å². The molecule has 0 aliphatic carbocycles. The summed E-state index contributed by atoms with van der Waals surface area (Å²) >= 11 is 0. The van der Waals surface area contributed by atoms with E-state index < -0.39 is 20.0 Å². The second kappa shape index (κ2) is 4.55. The minimum absolute atomic E-state index is 0.158. The Morgan fingerprint density at radius 1 is 1.35 bits per heavy atom. The Labute approximate surface area is 119 Å². The van der Waals surface area contributed by atoms with Gasteiger partial charge in [-0.2, -0.15) is 0 Å². The zero-order chi connectivity index (χ0) is 15.2. The number of rotatable bonds is 1. The van der Waals surface area contributed by atoms with Crippen molar-refractivity contribution in [1.82, 2.24) is 0 Å². The predicted molar refractivity (Wildman–Crippen MR) is 80.8 cm³/mol. The van der Waals surface area contributed by atoms with Crippen LogP contribution in [0.25, 0.3) is 0 Å². The third-order valence-corrected chi connectivity index (χ3v) is 7.35. The number of benzene rings is 1. The van der Waals surface area contributed by atoms with E-state index in [4.69, 9.17) is 5.73 Å². The van der Waals surface area contributed by atoms with Crippen LogP contribution in [-0.4, -0.2) is 27.6 Å². The van der Waals surface area contributed by atoms with Crippen molar-refractivity contribution in [2.45, 2.75) is 31.1 Å². The molecule has 1 aliphatic rings. The fourth-order valence-corrected chi connectivity index (χ4v) is 4.79. The Kier molecular flexibility index (Phi) is 3.40. The quantitative estimate of drug-likeness (QED) is 0.864. The molecule has 4 nitrogen and oxygen atoms in total. The second-order valence-electron chi connectivity index (χ2n) is 5.73. The highest BCUT2D eigenvalue weighted by Crippen LogP contribution is 2.38. The van der Waals surface area contributed by atoms with Gasteiger partial charge >= 0.3 is 0 Å². The van der Waals surface area contributed by atoms with Crippen molar-refractivity contribution in [3.05, 3.63) is 35.6 Å². The van der Waals surface area contributed by atoms with E-state index in [-0.39, 0.29) is 17.4 Å². The van der Waals surface area contributed by atoms with Crippen LogP contribution in [0, 0.1) is 5.82 Å². The fourth-order valence-electron chi connectivity index (χ4n) is 2.49. The molecule has 2 rings (SSSR count). The molecule has 6 heteroatoms. The molecule has 1 aromatic carbocycles. The predicted octanol–water partition coefficient (Wildman–Crippen LogP) is 2.29. The Morgan fingerprint density at radius 3 is 2.50 bits per heavy atom. The number of nitrogens with zero attached hydrogens (tertiary/aromatic N) is 2. The summed E-state index contributed by atoms with van der Waals surface area (Å²) in [6, 6.07) is 6.38. The van der Waals surface area contributed by atoms with E-state index in [0.717, 1.165) is 0 Å². The molecular weight excluding hydrogens is 277 g/mol. The minimum atomic E-state index is -2.63. The lowest BCUT2D eigenvalue weighted by molar-refractivity contribution is 0.491. The van der Waals surface area contributed by atoms with Gasteiger partial charge < -0.3 is 5.73 Å². The van der Waals surface area contributed by atoms with Crippen LogP contribution in [0.3, 0.4) is 0 Å². The Hall–Kier alpha value is -1.43. The minimum Gasteiger partial charge on any atom is -0.386 e. The largest absolute Gasteiger partial charge is 0.386 e. The van der Waals surface area contributed by atoms with Crippen molar-refractivity contribution in [2.24, 2.45) is 15.1 Å². The summed E-state index contributed by atoms with van der Waals surface area (Å²) in [5.41, 5.74) is 5.46. The maximum atomic E-state index is 14.1. The van der Waals surface area contributed by atoms with Gasteiger partial charge in [0.15, 0.2) is 0 Å². The third-order valence-electron chi connectivity index (χ3n) is 4.01. The van der Waals surface area contributed by atoms with Crippen LogP contribution in [0.4, 0.5) is 4.39 Å². The third kappa shape index (κ3) is 2.02. The van der Waals surface area contributed by atoms with Gasteiger partial charge in [0.25, 0.3) is 0 Å². The molecule has 0 aromatic heterocycles. The average Bonchev–Trinajstić information content (AvgIpc) is 2.37. The number of hydrogen-bond donors (Lipinski definition) is 1. The van der Waals surface area contributed by atoms with E-state index in [1.165, 1.54) is 13.1 Å². The molecule has 0 amide bonds. The van der Waals surface area contributed by atoms with Gasteiger partial charge in [0.1, 0.15) is 21.9 Å². The maximum Gasteiger partial charge on any atom is 0.128 e. The summed E-state index contributed by atoms with van der Waals surface area (Å²) in [5.74, 6) is 0.0414. The van der Waals surface area contributed by atoms with Gasteiger partial charge in [0.2, 0.25) is 0 Å². The number of nitrogens with two attached hydrogens (primary N) is 1. The van der Waals surface area contributed by atoms with E-state index in [2.05, 4.69) is 9.36 Å². The summed E-state index contributed by atoms with van der Waals surface area (Å²) < 4.78 is 30.4. The first-order chi connectivity index (χ1) is 9.16. The van der Waals surface area contributed by atoms with Gasteiger partial charge in [-0.3, -0.25) is 4.99 Å². The standard InChI is InChI=1S/C14H20FN3OS/c1-13(2)12(16)18-14(3,9-20(13,19)17-4)10-7-5-6-8-11(10)15/h5-8H,9H2,1-4H3,(H2,16,18)/t14-,20?/m0/s1. The molecule has 0 spiro atoms. The molecule has 0 bridgehead atoms. The number of amidine groups is 1. The van der Waals surface area contributed by atoms with Crippen molar-refractivity contribution >= 4 is 15.6 Å². The van der Waals surface area contributed by atoms with Crippen LogP contribution in [0.2, 0.25) is 0 Å². The van der Waals surface area contributed by atoms with E-state index in [9.17, 15) is 8.60 Å².